The predicted octanol–water partition coefficient (Wildman–Crippen LogP) is 7.72. The Morgan fingerprint density at radius 2 is 1.54 bits per heavy atom. The second kappa shape index (κ2) is 12.3. The number of aliphatic imine (C=N–C) groups is 1. The Morgan fingerprint density at radius 3 is 2.29 bits per heavy atom. The minimum absolute atomic E-state index is 0.0506. The maximum absolute atomic E-state index is 14.0. The lowest BCUT2D eigenvalue weighted by atomic mass is 9.69. The van der Waals surface area contributed by atoms with Crippen LogP contribution < -0.4 is 4.74 Å². The highest BCUT2D eigenvalue weighted by atomic mass is 16.5. The average Bonchev–Trinajstić information content (AvgIpc) is 3.01. The Morgan fingerprint density at radius 1 is 0.854 bits per heavy atom. The number of ketones is 1. The maximum Gasteiger partial charge on any atom is 0.315 e. The number of rotatable bonds is 7. The van der Waals surface area contributed by atoms with Gasteiger partial charge in [-0.25, -0.2) is 0 Å². The lowest BCUT2D eigenvalue weighted by molar-refractivity contribution is -0.153. The molecule has 0 bridgehead atoms. The molecule has 1 aliphatic heterocycles. The molecule has 0 spiro atoms. The molecule has 0 saturated heterocycles. The van der Waals surface area contributed by atoms with Gasteiger partial charge in [0.15, 0.2) is 5.78 Å². The van der Waals surface area contributed by atoms with Crippen molar-refractivity contribution in [1.82, 2.24) is 0 Å². The number of allylic oxidation sites excluding steroid dienone is 2. The third-order valence-electron chi connectivity index (χ3n) is 8.74. The van der Waals surface area contributed by atoms with Crippen molar-refractivity contribution in [3.8, 4) is 5.75 Å². The zero-order valence-corrected chi connectivity index (χ0v) is 23.6. The van der Waals surface area contributed by atoms with E-state index in [1.54, 1.807) is 0 Å². The van der Waals surface area contributed by atoms with Crippen LogP contribution in [0.4, 0.5) is 0 Å². The molecular formula is C36H37NO4. The number of hydrogen-bond acceptors (Lipinski definition) is 5. The predicted molar refractivity (Wildman–Crippen MR) is 160 cm³/mol. The van der Waals surface area contributed by atoms with Crippen molar-refractivity contribution < 1.29 is 19.1 Å². The number of benzene rings is 3. The maximum atomic E-state index is 14.0. The van der Waals surface area contributed by atoms with Gasteiger partial charge in [-0.1, -0.05) is 85.3 Å². The van der Waals surface area contributed by atoms with Crippen LogP contribution in [0.25, 0.3) is 0 Å². The summed E-state index contributed by atoms with van der Waals surface area (Å²) in [5, 5.41) is 0. The van der Waals surface area contributed by atoms with Gasteiger partial charge in [0.1, 0.15) is 24.4 Å². The van der Waals surface area contributed by atoms with E-state index >= 15 is 0 Å². The van der Waals surface area contributed by atoms with Crippen molar-refractivity contribution in [1.29, 1.82) is 0 Å². The van der Waals surface area contributed by atoms with E-state index in [1.807, 2.05) is 79.7 Å². The van der Waals surface area contributed by atoms with Gasteiger partial charge in [-0.3, -0.25) is 14.6 Å². The molecule has 1 saturated carbocycles. The largest absolute Gasteiger partial charge is 0.489 e. The molecule has 0 radical (unpaired) electrons. The third kappa shape index (κ3) is 5.90. The monoisotopic (exact) mass is 547 g/mol. The molecular weight excluding hydrogens is 510 g/mol. The number of esters is 1. The van der Waals surface area contributed by atoms with E-state index in [-0.39, 0.29) is 23.8 Å². The number of nitrogens with zero attached hydrogens (tertiary/aromatic N) is 1. The second-order valence-corrected chi connectivity index (χ2v) is 11.5. The molecule has 1 heterocycles. The van der Waals surface area contributed by atoms with Crippen molar-refractivity contribution >= 4 is 17.5 Å². The first-order valence-corrected chi connectivity index (χ1v) is 14.9. The topological polar surface area (TPSA) is 65.0 Å². The molecule has 6 rings (SSSR count). The van der Waals surface area contributed by atoms with E-state index in [0.29, 0.717) is 36.5 Å². The van der Waals surface area contributed by atoms with Crippen molar-refractivity contribution in [2.75, 3.05) is 0 Å². The summed E-state index contributed by atoms with van der Waals surface area (Å²) >= 11 is 0. The fraction of sp³-hybridized carbons (Fsp3) is 0.361. The molecule has 3 aromatic rings. The fourth-order valence-electron chi connectivity index (χ4n) is 6.69. The van der Waals surface area contributed by atoms with E-state index < -0.39 is 11.8 Å². The van der Waals surface area contributed by atoms with Crippen LogP contribution >= 0.6 is 0 Å². The minimum atomic E-state index is -0.672. The Balaban J connectivity index is 1.39. The van der Waals surface area contributed by atoms with E-state index in [2.05, 4.69) is 12.1 Å². The van der Waals surface area contributed by atoms with Gasteiger partial charge in [0.2, 0.25) is 0 Å². The van der Waals surface area contributed by atoms with E-state index in [4.69, 9.17) is 14.5 Å². The van der Waals surface area contributed by atoms with E-state index in [1.165, 1.54) is 6.42 Å². The first kappa shape index (κ1) is 27.2. The standard InChI is InChI=1S/C36H37NO4/c1-24-33(36(39)41-28-17-9-4-10-18-28)34(29-19-11-12-20-32(29)40-23-25-13-5-2-6-14-25)35-30(37-24)21-27(22-31(35)38)26-15-7-3-8-16-26/h2-3,5-8,11-16,19-20,27-28,33-34H,4,9-10,17-18,21-23H2,1H3/t27-,33?,34+/m1/s1. The Kier molecular flexibility index (Phi) is 8.13. The normalized spacial score (nSPS) is 23.0. The average molecular weight is 548 g/mol. The summed E-state index contributed by atoms with van der Waals surface area (Å²) in [6.07, 6.45) is 6.09. The van der Waals surface area contributed by atoms with Crippen LogP contribution in [-0.4, -0.2) is 23.6 Å². The third-order valence-corrected chi connectivity index (χ3v) is 8.74. The summed E-state index contributed by atoms with van der Waals surface area (Å²) in [4.78, 5) is 32.9. The van der Waals surface area contributed by atoms with Gasteiger partial charge in [-0.2, -0.15) is 0 Å². The first-order valence-electron chi connectivity index (χ1n) is 14.9. The highest BCUT2D eigenvalue weighted by Gasteiger charge is 2.46. The summed E-state index contributed by atoms with van der Waals surface area (Å²) in [7, 11) is 0. The molecule has 210 valence electrons. The summed E-state index contributed by atoms with van der Waals surface area (Å²) < 4.78 is 12.5. The van der Waals surface area contributed by atoms with Gasteiger partial charge in [0.05, 0.1) is 0 Å². The SMILES string of the molecule is CC1=NC2=C(C(=O)C[C@H](c3ccccc3)C2)[C@@H](c2ccccc2OCc2ccccc2)C1C(=O)OC1CCCCC1. The highest BCUT2D eigenvalue weighted by Crippen LogP contribution is 2.49. The van der Waals surface area contributed by atoms with Crippen molar-refractivity contribution in [2.24, 2.45) is 10.9 Å². The lowest BCUT2D eigenvalue weighted by Crippen LogP contribution is -2.39. The summed E-state index contributed by atoms with van der Waals surface area (Å²) in [6.45, 7) is 2.30. The van der Waals surface area contributed by atoms with Crippen LogP contribution in [0.3, 0.4) is 0 Å². The van der Waals surface area contributed by atoms with E-state index in [9.17, 15) is 9.59 Å². The van der Waals surface area contributed by atoms with Crippen LogP contribution in [0, 0.1) is 5.92 Å². The van der Waals surface area contributed by atoms with Gasteiger partial charge in [0.25, 0.3) is 0 Å². The van der Waals surface area contributed by atoms with Gasteiger partial charge in [0, 0.05) is 34.9 Å². The minimum Gasteiger partial charge on any atom is -0.489 e. The number of Topliss-reactive ketones (excluding diaryl/α,β-unsaturated/α-hetero) is 1. The van der Waals surface area contributed by atoms with Crippen LogP contribution in [0.2, 0.25) is 0 Å². The van der Waals surface area contributed by atoms with Crippen LogP contribution in [-0.2, 0) is 20.9 Å². The van der Waals surface area contributed by atoms with Crippen LogP contribution in [0.15, 0.2) is 101 Å². The van der Waals surface area contributed by atoms with E-state index in [0.717, 1.165) is 48.1 Å². The molecule has 0 amide bonds. The molecule has 1 unspecified atom stereocenters. The molecule has 3 aliphatic rings. The second-order valence-electron chi connectivity index (χ2n) is 11.5. The quantitative estimate of drug-likeness (QED) is 0.284. The van der Waals surface area contributed by atoms with Crippen molar-refractivity contribution in [3.63, 3.8) is 0 Å². The van der Waals surface area contributed by atoms with Crippen molar-refractivity contribution in [3.05, 3.63) is 113 Å². The van der Waals surface area contributed by atoms with Gasteiger partial charge < -0.3 is 9.47 Å². The molecule has 41 heavy (non-hydrogen) atoms. The number of ether oxygens (including phenoxy) is 2. The summed E-state index contributed by atoms with van der Waals surface area (Å²) in [6, 6.07) is 28.0. The lowest BCUT2D eigenvalue weighted by Gasteiger charge is -2.37. The Labute approximate surface area is 242 Å². The van der Waals surface area contributed by atoms with Gasteiger partial charge in [-0.15, -0.1) is 0 Å². The summed E-state index contributed by atoms with van der Waals surface area (Å²) in [5.74, 6) is -0.671. The molecule has 0 N–H and O–H groups in total. The summed E-state index contributed by atoms with van der Waals surface area (Å²) in [5.41, 5.74) is 5.16. The molecule has 1 fully saturated rings. The number of hydrogen-bond donors (Lipinski definition) is 0. The molecule has 2 aliphatic carbocycles. The number of carbonyl (C=O) groups excluding carboxylic acids is 2. The molecule has 5 heteroatoms. The van der Waals surface area contributed by atoms with Gasteiger partial charge >= 0.3 is 5.97 Å². The van der Waals surface area contributed by atoms with Crippen LogP contribution in [0.1, 0.15) is 80.4 Å². The molecule has 0 aromatic heterocycles. The Bertz CT molecular complexity index is 1450. The van der Waals surface area contributed by atoms with Crippen molar-refractivity contribution in [2.45, 2.75) is 76.4 Å². The Hall–Kier alpha value is -3.99. The molecule has 3 aromatic carbocycles. The fourth-order valence-corrected chi connectivity index (χ4v) is 6.69. The van der Waals surface area contributed by atoms with Gasteiger partial charge in [-0.05, 0) is 62.1 Å². The molecule has 5 nitrogen and oxygen atoms in total. The number of carbonyl (C=O) groups is 2. The molecule has 3 atom stereocenters. The highest BCUT2D eigenvalue weighted by molar-refractivity contribution is 6.09. The smallest absolute Gasteiger partial charge is 0.315 e. The first-order chi connectivity index (χ1) is 20.1. The zero-order valence-electron chi connectivity index (χ0n) is 23.6. The number of para-hydroxylation sites is 1. The zero-order chi connectivity index (χ0) is 28.2. The van der Waals surface area contributed by atoms with Crippen LogP contribution in [0.5, 0.6) is 5.75 Å².